The minimum atomic E-state index is 0.827. The van der Waals surface area contributed by atoms with E-state index in [0.717, 1.165) is 18.4 Å². The molecule has 2 heterocycles. The molecule has 1 aromatic rings. The largest absolute Gasteiger partial charge is 0.316 e. The fourth-order valence-corrected chi connectivity index (χ4v) is 2.93. The summed E-state index contributed by atoms with van der Waals surface area (Å²) in [6.07, 6.45) is 0. The molecule has 0 bridgehead atoms. The van der Waals surface area contributed by atoms with Crippen LogP contribution in [-0.4, -0.2) is 31.6 Å². The summed E-state index contributed by atoms with van der Waals surface area (Å²) in [6, 6.07) is 2.22. The van der Waals surface area contributed by atoms with Gasteiger partial charge in [-0.05, 0) is 54.4 Å². The highest BCUT2D eigenvalue weighted by atomic mass is 32.1. The smallest absolute Gasteiger partial charge is 0.0239 e. The highest BCUT2D eigenvalue weighted by Gasteiger charge is 2.23. The summed E-state index contributed by atoms with van der Waals surface area (Å²) in [5.41, 5.74) is 1.45. The van der Waals surface area contributed by atoms with Crippen molar-refractivity contribution in [2.45, 2.75) is 13.5 Å². The molecule has 0 unspecified atom stereocenters. The van der Waals surface area contributed by atoms with Crippen LogP contribution in [0.25, 0.3) is 0 Å². The average molecular weight is 224 g/mol. The lowest BCUT2D eigenvalue weighted by Crippen LogP contribution is -2.28. The molecule has 84 valence electrons. The van der Waals surface area contributed by atoms with Crippen molar-refractivity contribution in [3.63, 3.8) is 0 Å². The summed E-state index contributed by atoms with van der Waals surface area (Å²) in [7, 11) is 2.22. The van der Waals surface area contributed by atoms with E-state index in [4.69, 9.17) is 0 Å². The monoisotopic (exact) mass is 224 g/mol. The molecule has 0 amide bonds. The normalized spacial score (nSPS) is 26.3. The van der Waals surface area contributed by atoms with Crippen LogP contribution in [0.1, 0.15) is 12.5 Å². The minimum absolute atomic E-state index is 0.827. The first-order chi connectivity index (χ1) is 7.25. The van der Waals surface area contributed by atoms with Crippen LogP contribution in [0.5, 0.6) is 0 Å². The lowest BCUT2D eigenvalue weighted by Gasteiger charge is -2.22. The zero-order valence-corrected chi connectivity index (χ0v) is 10.4. The van der Waals surface area contributed by atoms with Gasteiger partial charge in [0.2, 0.25) is 0 Å². The summed E-state index contributed by atoms with van der Waals surface area (Å²) in [5, 5.41) is 7.86. The fraction of sp³-hybridized carbons (Fsp3) is 0.667. The molecule has 0 radical (unpaired) electrons. The predicted octanol–water partition coefficient (Wildman–Crippen LogP) is 2.04. The Hall–Kier alpha value is -0.380. The average Bonchev–Trinajstić information content (AvgIpc) is 2.79. The molecule has 1 aromatic heterocycles. The molecule has 2 nitrogen and oxygen atoms in total. The topological polar surface area (TPSA) is 15.3 Å². The maximum absolute atomic E-state index is 3.46. The SMILES string of the molecule is C[C@@H]1CNC[C@H]1CN(C)Cc1ccsc1. The molecule has 15 heavy (non-hydrogen) atoms. The third kappa shape index (κ3) is 3.03. The summed E-state index contributed by atoms with van der Waals surface area (Å²) < 4.78 is 0. The number of nitrogens with zero attached hydrogens (tertiary/aromatic N) is 1. The van der Waals surface area contributed by atoms with Gasteiger partial charge < -0.3 is 10.2 Å². The molecule has 1 saturated heterocycles. The molecule has 1 aliphatic rings. The van der Waals surface area contributed by atoms with E-state index in [0.29, 0.717) is 0 Å². The van der Waals surface area contributed by atoms with Crippen LogP contribution < -0.4 is 5.32 Å². The third-order valence-electron chi connectivity index (χ3n) is 3.26. The van der Waals surface area contributed by atoms with Crippen molar-refractivity contribution in [3.05, 3.63) is 22.4 Å². The predicted molar refractivity (Wildman–Crippen MR) is 66.2 cm³/mol. The highest BCUT2D eigenvalue weighted by molar-refractivity contribution is 7.07. The van der Waals surface area contributed by atoms with Crippen LogP contribution in [0.4, 0.5) is 0 Å². The van der Waals surface area contributed by atoms with Crippen molar-refractivity contribution in [1.29, 1.82) is 0 Å². The summed E-state index contributed by atoms with van der Waals surface area (Å²) in [4.78, 5) is 2.44. The van der Waals surface area contributed by atoms with Gasteiger partial charge >= 0.3 is 0 Å². The molecular formula is C12H20N2S. The van der Waals surface area contributed by atoms with Crippen molar-refractivity contribution < 1.29 is 0 Å². The van der Waals surface area contributed by atoms with E-state index >= 15 is 0 Å². The van der Waals surface area contributed by atoms with Gasteiger partial charge in [0, 0.05) is 13.1 Å². The molecule has 0 spiro atoms. The Kier molecular flexibility index (Phi) is 3.78. The zero-order valence-electron chi connectivity index (χ0n) is 9.57. The van der Waals surface area contributed by atoms with Gasteiger partial charge in [0.05, 0.1) is 0 Å². The van der Waals surface area contributed by atoms with Crippen molar-refractivity contribution in [3.8, 4) is 0 Å². The van der Waals surface area contributed by atoms with Gasteiger partial charge in [-0.1, -0.05) is 6.92 Å². The van der Waals surface area contributed by atoms with Gasteiger partial charge in [0.25, 0.3) is 0 Å². The molecule has 0 saturated carbocycles. The van der Waals surface area contributed by atoms with Gasteiger partial charge in [0.1, 0.15) is 0 Å². The van der Waals surface area contributed by atoms with Crippen LogP contribution in [0.15, 0.2) is 16.8 Å². The van der Waals surface area contributed by atoms with Crippen LogP contribution in [0, 0.1) is 11.8 Å². The van der Waals surface area contributed by atoms with Crippen molar-refractivity contribution in [2.24, 2.45) is 11.8 Å². The molecule has 2 rings (SSSR count). The van der Waals surface area contributed by atoms with Crippen LogP contribution in [0.2, 0.25) is 0 Å². The number of thiophene rings is 1. The van der Waals surface area contributed by atoms with Gasteiger partial charge in [0.15, 0.2) is 0 Å². The van der Waals surface area contributed by atoms with Crippen LogP contribution in [-0.2, 0) is 6.54 Å². The molecule has 1 aliphatic heterocycles. The van der Waals surface area contributed by atoms with Crippen molar-refractivity contribution in [1.82, 2.24) is 10.2 Å². The summed E-state index contributed by atoms with van der Waals surface area (Å²) in [6.45, 7) is 7.03. The van der Waals surface area contributed by atoms with Gasteiger partial charge in [-0.25, -0.2) is 0 Å². The first-order valence-electron chi connectivity index (χ1n) is 5.66. The van der Waals surface area contributed by atoms with Crippen LogP contribution >= 0.6 is 11.3 Å². The Bertz CT molecular complexity index is 284. The first-order valence-corrected chi connectivity index (χ1v) is 6.60. The lowest BCUT2D eigenvalue weighted by atomic mass is 9.98. The number of hydrogen-bond donors (Lipinski definition) is 1. The highest BCUT2D eigenvalue weighted by Crippen LogP contribution is 2.18. The molecule has 3 heteroatoms. The Balaban J connectivity index is 1.79. The second-order valence-corrected chi connectivity index (χ2v) is 5.50. The maximum Gasteiger partial charge on any atom is 0.0239 e. The molecule has 0 aromatic carbocycles. The van der Waals surface area contributed by atoms with E-state index in [9.17, 15) is 0 Å². The number of hydrogen-bond acceptors (Lipinski definition) is 3. The zero-order chi connectivity index (χ0) is 10.7. The van der Waals surface area contributed by atoms with Gasteiger partial charge in [-0.2, -0.15) is 11.3 Å². The van der Waals surface area contributed by atoms with E-state index in [1.807, 2.05) is 0 Å². The molecule has 1 N–H and O–H groups in total. The van der Waals surface area contributed by atoms with E-state index in [1.165, 1.54) is 25.2 Å². The molecule has 1 fully saturated rings. The van der Waals surface area contributed by atoms with Crippen molar-refractivity contribution in [2.75, 3.05) is 26.7 Å². The second kappa shape index (κ2) is 5.10. The first kappa shape index (κ1) is 11.1. The van der Waals surface area contributed by atoms with Crippen LogP contribution in [0.3, 0.4) is 0 Å². The van der Waals surface area contributed by atoms with E-state index < -0.39 is 0 Å². The Morgan fingerprint density at radius 3 is 3.00 bits per heavy atom. The van der Waals surface area contributed by atoms with E-state index in [1.54, 1.807) is 11.3 Å². The van der Waals surface area contributed by atoms with E-state index in [2.05, 4.69) is 41.0 Å². The Morgan fingerprint density at radius 2 is 2.40 bits per heavy atom. The molecule has 2 atom stereocenters. The molecule has 0 aliphatic carbocycles. The third-order valence-corrected chi connectivity index (χ3v) is 3.99. The van der Waals surface area contributed by atoms with E-state index in [-0.39, 0.29) is 0 Å². The number of rotatable bonds is 4. The van der Waals surface area contributed by atoms with Gasteiger partial charge in [-0.3, -0.25) is 0 Å². The quantitative estimate of drug-likeness (QED) is 0.842. The Morgan fingerprint density at radius 1 is 1.53 bits per heavy atom. The van der Waals surface area contributed by atoms with Crippen molar-refractivity contribution >= 4 is 11.3 Å². The Labute approximate surface area is 96.3 Å². The minimum Gasteiger partial charge on any atom is -0.316 e. The van der Waals surface area contributed by atoms with Gasteiger partial charge in [-0.15, -0.1) is 0 Å². The summed E-state index contributed by atoms with van der Waals surface area (Å²) in [5.74, 6) is 1.66. The fourth-order valence-electron chi connectivity index (χ4n) is 2.27. The standard InChI is InChI=1S/C12H20N2S/c1-10-5-13-6-12(10)8-14(2)7-11-3-4-15-9-11/h3-4,9-10,12-13H,5-8H2,1-2H3/t10-,12+/m1/s1. The second-order valence-electron chi connectivity index (χ2n) is 4.72. The summed E-state index contributed by atoms with van der Waals surface area (Å²) >= 11 is 1.79. The lowest BCUT2D eigenvalue weighted by molar-refractivity contribution is 0.253. The molecular weight excluding hydrogens is 204 g/mol. The number of nitrogens with one attached hydrogen (secondary N) is 1. The maximum atomic E-state index is 3.46.